The number of rotatable bonds is 5. The van der Waals surface area contributed by atoms with Crippen molar-refractivity contribution in [1.82, 2.24) is 25.6 Å². The van der Waals surface area contributed by atoms with Crippen LogP contribution in [0, 0.1) is 0 Å². The highest BCUT2D eigenvalue weighted by Gasteiger charge is 2.16. The van der Waals surface area contributed by atoms with Crippen LogP contribution in [0.3, 0.4) is 0 Å². The first kappa shape index (κ1) is 10.7. The highest BCUT2D eigenvalue weighted by Crippen LogP contribution is 2.14. The van der Waals surface area contributed by atoms with Gasteiger partial charge in [-0.3, -0.25) is 0 Å². The van der Waals surface area contributed by atoms with E-state index in [2.05, 4.69) is 25.6 Å². The van der Waals surface area contributed by atoms with E-state index in [4.69, 9.17) is 15.0 Å². The number of nitrogens with one attached hydrogen (secondary N) is 1. The molecule has 0 fully saturated rings. The summed E-state index contributed by atoms with van der Waals surface area (Å²) in [5.74, 6) is 0.683. The van der Waals surface area contributed by atoms with Crippen LogP contribution in [0.15, 0.2) is 10.7 Å². The van der Waals surface area contributed by atoms with E-state index in [9.17, 15) is 0 Å². The van der Waals surface area contributed by atoms with E-state index < -0.39 is 6.04 Å². The number of aromatic amines is 1. The van der Waals surface area contributed by atoms with Crippen molar-refractivity contribution in [1.29, 1.82) is 0 Å². The van der Waals surface area contributed by atoms with Crippen molar-refractivity contribution >= 4 is 0 Å². The molecule has 0 bridgehead atoms. The lowest BCUT2D eigenvalue weighted by Crippen LogP contribution is -2.18. The van der Waals surface area contributed by atoms with E-state index in [1.807, 2.05) is 6.92 Å². The summed E-state index contributed by atoms with van der Waals surface area (Å²) >= 11 is 0. The SMILES string of the molecule is CCOCC(N)c1noc(-c2cn[nH]n2)n1. The monoisotopic (exact) mass is 224 g/mol. The van der Waals surface area contributed by atoms with E-state index in [0.717, 1.165) is 0 Å². The van der Waals surface area contributed by atoms with Crippen LogP contribution in [0.1, 0.15) is 18.8 Å². The summed E-state index contributed by atoms with van der Waals surface area (Å²) in [6.45, 7) is 2.85. The number of ether oxygens (including phenoxy) is 1. The number of nitrogens with two attached hydrogens (primary N) is 1. The highest BCUT2D eigenvalue weighted by molar-refractivity contribution is 5.42. The van der Waals surface area contributed by atoms with Crippen molar-refractivity contribution in [2.75, 3.05) is 13.2 Å². The zero-order valence-electron chi connectivity index (χ0n) is 8.75. The molecule has 2 aromatic heterocycles. The first-order valence-electron chi connectivity index (χ1n) is 4.84. The van der Waals surface area contributed by atoms with Crippen molar-refractivity contribution in [3.05, 3.63) is 12.0 Å². The Hall–Kier alpha value is -1.80. The third-order valence-corrected chi connectivity index (χ3v) is 1.91. The molecule has 1 unspecified atom stereocenters. The summed E-state index contributed by atoms with van der Waals surface area (Å²) in [5.41, 5.74) is 6.28. The molecule has 0 spiro atoms. The summed E-state index contributed by atoms with van der Waals surface area (Å²) in [5, 5.41) is 13.7. The number of H-pyrrole nitrogens is 1. The minimum atomic E-state index is -0.399. The van der Waals surface area contributed by atoms with E-state index in [1.54, 1.807) is 0 Å². The van der Waals surface area contributed by atoms with Crippen LogP contribution in [0.2, 0.25) is 0 Å². The van der Waals surface area contributed by atoms with Crippen molar-refractivity contribution in [3.8, 4) is 11.6 Å². The fourth-order valence-electron chi connectivity index (χ4n) is 1.11. The second-order valence-electron chi connectivity index (χ2n) is 3.08. The first-order valence-corrected chi connectivity index (χ1v) is 4.84. The zero-order chi connectivity index (χ0) is 11.4. The molecule has 0 aromatic carbocycles. The molecular formula is C8H12N6O2. The Morgan fingerprint density at radius 1 is 1.62 bits per heavy atom. The van der Waals surface area contributed by atoms with Gasteiger partial charge in [-0.25, -0.2) is 0 Å². The maximum atomic E-state index is 5.79. The van der Waals surface area contributed by atoms with Gasteiger partial charge in [0, 0.05) is 6.61 Å². The van der Waals surface area contributed by atoms with Crippen LogP contribution in [0.5, 0.6) is 0 Å². The van der Waals surface area contributed by atoms with Gasteiger partial charge in [-0.2, -0.15) is 20.4 Å². The largest absolute Gasteiger partial charge is 0.380 e. The predicted octanol–water partition coefficient (Wildman–Crippen LogP) is -0.109. The summed E-state index contributed by atoms with van der Waals surface area (Å²) in [4.78, 5) is 4.10. The van der Waals surface area contributed by atoms with Crippen LogP contribution in [0.25, 0.3) is 11.6 Å². The van der Waals surface area contributed by atoms with Gasteiger partial charge in [-0.15, -0.1) is 0 Å². The molecule has 8 nitrogen and oxygen atoms in total. The van der Waals surface area contributed by atoms with Crippen molar-refractivity contribution in [3.63, 3.8) is 0 Å². The van der Waals surface area contributed by atoms with Gasteiger partial charge in [0.15, 0.2) is 11.5 Å². The Morgan fingerprint density at radius 2 is 2.50 bits per heavy atom. The molecule has 0 saturated heterocycles. The maximum Gasteiger partial charge on any atom is 0.280 e. The summed E-state index contributed by atoms with van der Waals surface area (Å²) in [6.07, 6.45) is 1.49. The number of nitrogens with zero attached hydrogens (tertiary/aromatic N) is 4. The van der Waals surface area contributed by atoms with Crippen LogP contribution in [-0.4, -0.2) is 38.8 Å². The van der Waals surface area contributed by atoms with Gasteiger partial charge >= 0.3 is 0 Å². The quantitative estimate of drug-likeness (QED) is 0.727. The van der Waals surface area contributed by atoms with Gasteiger partial charge in [0.1, 0.15) is 0 Å². The van der Waals surface area contributed by atoms with Crippen LogP contribution >= 0.6 is 0 Å². The molecule has 2 heterocycles. The standard InChI is InChI=1S/C8H12N6O2/c1-2-15-4-5(9)7-11-8(16-13-7)6-3-10-14-12-6/h3,5H,2,4,9H2,1H3,(H,10,12,14). The van der Waals surface area contributed by atoms with Crippen LogP contribution < -0.4 is 5.73 Å². The average Bonchev–Trinajstić information content (AvgIpc) is 2.94. The molecule has 0 aliphatic heterocycles. The highest BCUT2D eigenvalue weighted by atomic mass is 16.5. The van der Waals surface area contributed by atoms with Crippen LogP contribution in [-0.2, 0) is 4.74 Å². The molecular weight excluding hydrogens is 212 g/mol. The molecule has 2 aromatic rings. The van der Waals surface area contributed by atoms with E-state index >= 15 is 0 Å². The van der Waals surface area contributed by atoms with Crippen molar-refractivity contribution < 1.29 is 9.26 Å². The van der Waals surface area contributed by atoms with E-state index in [-0.39, 0.29) is 5.89 Å². The Bertz CT molecular complexity index is 425. The van der Waals surface area contributed by atoms with E-state index in [0.29, 0.717) is 24.7 Å². The Labute approximate surface area is 91.2 Å². The number of aromatic nitrogens is 5. The second-order valence-corrected chi connectivity index (χ2v) is 3.08. The summed E-state index contributed by atoms with van der Waals surface area (Å²) < 4.78 is 10.2. The Morgan fingerprint density at radius 3 is 3.19 bits per heavy atom. The van der Waals surface area contributed by atoms with Crippen molar-refractivity contribution in [2.45, 2.75) is 13.0 Å². The lowest BCUT2D eigenvalue weighted by molar-refractivity contribution is 0.130. The van der Waals surface area contributed by atoms with Gasteiger partial charge < -0.3 is 15.0 Å². The van der Waals surface area contributed by atoms with E-state index in [1.165, 1.54) is 6.20 Å². The molecule has 0 radical (unpaired) electrons. The third-order valence-electron chi connectivity index (χ3n) is 1.91. The Balaban J connectivity index is 2.07. The maximum absolute atomic E-state index is 5.79. The molecule has 8 heteroatoms. The predicted molar refractivity (Wildman–Crippen MR) is 53.1 cm³/mol. The van der Waals surface area contributed by atoms with Gasteiger partial charge in [0.05, 0.1) is 18.8 Å². The number of hydrogen-bond donors (Lipinski definition) is 2. The average molecular weight is 224 g/mol. The summed E-state index contributed by atoms with van der Waals surface area (Å²) in [6, 6.07) is -0.399. The van der Waals surface area contributed by atoms with Crippen LogP contribution in [0.4, 0.5) is 0 Å². The zero-order valence-corrected chi connectivity index (χ0v) is 8.75. The van der Waals surface area contributed by atoms with Gasteiger partial charge in [0.25, 0.3) is 5.89 Å². The molecule has 1 atom stereocenters. The molecule has 16 heavy (non-hydrogen) atoms. The van der Waals surface area contributed by atoms with Crippen molar-refractivity contribution in [2.24, 2.45) is 5.73 Å². The van der Waals surface area contributed by atoms with Gasteiger partial charge in [0.2, 0.25) is 0 Å². The molecule has 0 aliphatic rings. The molecule has 86 valence electrons. The van der Waals surface area contributed by atoms with Gasteiger partial charge in [-0.1, -0.05) is 5.16 Å². The topological polar surface area (TPSA) is 116 Å². The normalized spacial score (nSPS) is 12.9. The molecule has 0 saturated carbocycles. The molecule has 0 aliphatic carbocycles. The fraction of sp³-hybridized carbons (Fsp3) is 0.500. The molecule has 0 amide bonds. The Kier molecular flexibility index (Phi) is 3.22. The minimum Gasteiger partial charge on any atom is -0.380 e. The lowest BCUT2D eigenvalue weighted by Gasteiger charge is -2.05. The summed E-state index contributed by atoms with van der Waals surface area (Å²) in [7, 11) is 0. The first-order chi connectivity index (χ1) is 7.81. The fourth-order valence-corrected chi connectivity index (χ4v) is 1.11. The molecule has 2 rings (SSSR count). The molecule has 3 N–H and O–H groups in total. The smallest absolute Gasteiger partial charge is 0.280 e. The lowest BCUT2D eigenvalue weighted by atomic mass is 10.3. The number of hydrogen-bond acceptors (Lipinski definition) is 7. The van der Waals surface area contributed by atoms with Gasteiger partial charge in [-0.05, 0) is 6.92 Å². The second kappa shape index (κ2) is 4.81. The third kappa shape index (κ3) is 2.23. The minimum absolute atomic E-state index is 0.288.